The Morgan fingerprint density at radius 3 is 2.40 bits per heavy atom. The zero-order valence-electron chi connectivity index (χ0n) is 12.7. The number of pyridine rings is 1. The molecule has 1 aliphatic rings. The minimum atomic E-state index is -0.438. The van der Waals surface area contributed by atoms with Crippen LogP contribution >= 0.6 is 0 Å². The molecule has 1 saturated heterocycles. The molecule has 0 unspecified atom stereocenters. The fraction of sp³-hybridized carbons (Fsp3) is 0.571. The highest BCUT2D eigenvalue weighted by Gasteiger charge is 2.26. The van der Waals surface area contributed by atoms with Crippen molar-refractivity contribution in [2.45, 2.75) is 26.4 Å². The number of carbonyl (C=O) groups is 1. The summed E-state index contributed by atoms with van der Waals surface area (Å²) >= 11 is 0. The van der Waals surface area contributed by atoms with Crippen molar-refractivity contribution < 1.29 is 9.53 Å². The molecule has 5 nitrogen and oxygen atoms in total. The van der Waals surface area contributed by atoms with Crippen LogP contribution in [0, 0.1) is 0 Å². The average Bonchev–Trinajstić information content (AvgIpc) is 2.38. The number of ether oxygens (including phenoxy) is 1. The number of rotatable bonds is 1. The Morgan fingerprint density at radius 2 is 1.90 bits per heavy atom. The lowest BCUT2D eigenvalue weighted by Crippen LogP contribution is -2.50. The summed E-state index contributed by atoms with van der Waals surface area (Å²) < 4.78 is 5.39. The van der Waals surface area contributed by atoms with Crippen molar-refractivity contribution in [2.24, 2.45) is 0 Å². The van der Waals surface area contributed by atoms with Crippen LogP contribution in [0.15, 0.2) is 18.3 Å². The number of nitrogens with zero attached hydrogens (tertiary/aromatic N) is 3. The third-order valence-electron chi connectivity index (χ3n) is 3.15. The van der Waals surface area contributed by atoms with E-state index in [2.05, 4.69) is 16.0 Å². The molecule has 1 aromatic heterocycles. The minimum absolute atomic E-state index is 0.228. The molecule has 1 amide bonds. The van der Waals surface area contributed by atoms with Gasteiger partial charge >= 0.3 is 6.09 Å². The molecule has 0 aliphatic carbocycles. The maximum absolute atomic E-state index is 12.0. The fourth-order valence-electron chi connectivity index (χ4n) is 2.09. The van der Waals surface area contributed by atoms with Crippen molar-refractivity contribution in [1.29, 1.82) is 0 Å². The largest absolute Gasteiger partial charge is 0.444 e. The SMILES string of the molecule is Bc1ccc(N2CCN(C(=O)OC(C)(C)C)CC2)nc1. The van der Waals surface area contributed by atoms with Gasteiger partial charge < -0.3 is 14.5 Å². The predicted molar refractivity (Wildman–Crippen MR) is 82.4 cm³/mol. The monoisotopic (exact) mass is 275 g/mol. The molecule has 1 aliphatic heterocycles. The molecular weight excluding hydrogens is 253 g/mol. The zero-order chi connectivity index (χ0) is 14.8. The van der Waals surface area contributed by atoms with Crippen LogP contribution in [0.3, 0.4) is 0 Å². The second kappa shape index (κ2) is 5.73. The summed E-state index contributed by atoms with van der Waals surface area (Å²) in [5, 5.41) is 0. The highest BCUT2D eigenvalue weighted by molar-refractivity contribution is 6.32. The van der Waals surface area contributed by atoms with E-state index in [4.69, 9.17) is 4.74 Å². The first-order valence-electron chi connectivity index (χ1n) is 7.01. The van der Waals surface area contributed by atoms with Gasteiger partial charge in [0.2, 0.25) is 0 Å². The minimum Gasteiger partial charge on any atom is -0.444 e. The second-order valence-electron chi connectivity index (χ2n) is 6.15. The molecule has 20 heavy (non-hydrogen) atoms. The fourth-order valence-corrected chi connectivity index (χ4v) is 2.09. The molecule has 1 fully saturated rings. The lowest BCUT2D eigenvalue weighted by atomic mass is 9.99. The summed E-state index contributed by atoms with van der Waals surface area (Å²) in [6, 6.07) is 4.08. The molecule has 2 heterocycles. The zero-order valence-corrected chi connectivity index (χ0v) is 12.7. The van der Waals surface area contributed by atoms with Crippen molar-refractivity contribution >= 4 is 25.2 Å². The van der Waals surface area contributed by atoms with Crippen molar-refractivity contribution in [3.63, 3.8) is 0 Å². The molecule has 0 spiro atoms. The number of anilines is 1. The van der Waals surface area contributed by atoms with Crippen LogP contribution in [0.5, 0.6) is 0 Å². The molecule has 0 aromatic carbocycles. The molecular formula is C14H22BN3O2. The average molecular weight is 275 g/mol. The summed E-state index contributed by atoms with van der Waals surface area (Å²) in [7, 11) is 2.03. The van der Waals surface area contributed by atoms with E-state index < -0.39 is 5.60 Å². The van der Waals surface area contributed by atoms with E-state index in [1.165, 1.54) is 0 Å². The highest BCUT2D eigenvalue weighted by Crippen LogP contribution is 2.15. The third kappa shape index (κ3) is 3.89. The van der Waals surface area contributed by atoms with Crippen LogP contribution in [0.2, 0.25) is 0 Å². The first-order valence-corrected chi connectivity index (χ1v) is 7.01. The second-order valence-corrected chi connectivity index (χ2v) is 6.15. The van der Waals surface area contributed by atoms with Gasteiger partial charge in [-0.2, -0.15) is 0 Å². The van der Waals surface area contributed by atoms with Gasteiger partial charge in [-0.25, -0.2) is 9.78 Å². The third-order valence-corrected chi connectivity index (χ3v) is 3.15. The van der Waals surface area contributed by atoms with Gasteiger partial charge in [0.25, 0.3) is 0 Å². The van der Waals surface area contributed by atoms with E-state index in [0.29, 0.717) is 13.1 Å². The number of hydrogen-bond donors (Lipinski definition) is 0. The predicted octanol–water partition coefficient (Wildman–Crippen LogP) is 0.397. The lowest BCUT2D eigenvalue weighted by molar-refractivity contribution is 0.0240. The summed E-state index contributed by atoms with van der Waals surface area (Å²) in [6.07, 6.45) is 1.64. The van der Waals surface area contributed by atoms with Crippen LogP contribution in [0.1, 0.15) is 20.8 Å². The Balaban J connectivity index is 1.89. The number of piperazine rings is 1. The van der Waals surface area contributed by atoms with Crippen molar-refractivity contribution in [2.75, 3.05) is 31.1 Å². The highest BCUT2D eigenvalue weighted by atomic mass is 16.6. The summed E-state index contributed by atoms with van der Waals surface area (Å²) in [5.41, 5.74) is 0.716. The topological polar surface area (TPSA) is 45.7 Å². The maximum Gasteiger partial charge on any atom is 0.410 e. The van der Waals surface area contributed by atoms with Crippen LogP contribution < -0.4 is 10.4 Å². The first kappa shape index (κ1) is 14.7. The van der Waals surface area contributed by atoms with Crippen LogP contribution in [-0.4, -0.2) is 55.6 Å². The first-order chi connectivity index (χ1) is 9.35. The van der Waals surface area contributed by atoms with E-state index in [9.17, 15) is 4.79 Å². The molecule has 108 valence electrons. The van der Waals surface area contributed by atoms with Crippen LogP contribution in [0.25, 0.3) is 0 Å². The maximum atomic E-state index is 12.0. The normalized spacial score (nSPS) is 16.1. The molecule has 0 bridgehead atoms. The van der Waals surface area contributed by atoms with E-state index in [1.807, 2.05) is 40.9 Å². The van der Waals surface area contributed by atoms with Crippen molar-refractivity contribution in [1.82, 2.24) is 9.88 Å². The summed E-state index contributed by atoms with van der Waals surface area (Å²) in [6.45, 7) is 8.58. The Hall–Kier alpha value is -1.72. The standard InChI is InChI=1S/C14H22BN3O2/c1-14(2,3)20-13(19)18-8-6-17(7-9-18)12-5-4-11(15)10-16-12/h4-5,10H,6-9,15H2,1-3H3. The Bertz CT molecular complexity index is 462. The van der Waals surface area contributed by atoms with E-state index in [0.717, 1.165) is 24.4 Å². The number of aromatic nitrogens is 1. The Kier molecular flexibility index (Phi) is 4.21. The van der Waals surface area contributed by atoms with Gasteiger partial charge in [0.05, 0.1) is 0 Å². The van der Waals surface area contributed by atoms with Gasteiger partial charge in [0.15, 0.2) is 0 Å². The Labute approximate surface area is 121 Å². The van der Waals surface area contributed by atoms with Crippen molar-refractivity contribution in [3.8, 4) is 0 Å². The Morgan fingerprint density at radius 1 is 1.25 bits per heavy atom. The van der Waals surface area contributed by atoms with Gasteiger partial charge in [-0.3, -0.25) is 0 Å². The van der Waals surface area contributed by atoms with Crippen LogP contribution in [0.4, 0.5) is 10.6 Å². The van der Waals surface area contributed by atoms with E-state index in [1.54, 1.807) is 4.90 Å². The lowest BCUT2D eigenvalue weighted by Gasteiger charge is -2.36. The molecule has 1 aromatic rings. The van der Waals surface area contributed by atoms with Gasteiger partial charge in [0.1, 0.15) is 19.3 Å². The van der Waals surface area contributed by atoms with Gasteiger partial charge in [-0.15, -0.1) is 0 Å². The molecule has 0 atom stereocenters. The molecule has 2 rings (SSSR count). The van der Waals surface area contributed by atoms with Crippen LogP contribution in [-0.2, 0) is 4.74 Å². The van der Waals surface area contributed by atoms with Crippen molar-refractivity contribution in [3.05, 3.63) is 18.3 Å². The number of hydrogen-bond acceptors (Lipinski definition) is 4. The van der Waals surface area contributed by atoms with E-state index >= 15 is 0 Å². The molecule has 0 N–H and O–H groups in total. The quantitative estimate of drug-likeness (QED) is 0.696. The van der Waals surface area contributed by atoms with Gasteiger partial charge in [-0.1, -0.05) is 11.5 Å². The molecule has 0 saturated carbocycles. The smallest absolute Gasteiger partial charge is 0.410 e. The molecule has 0 radical (unpaired) electrons. The summed E-state index contributed by atoms with van der Waals surface area (Å²) in [5.74, 6) is 0.972. The van der Waals surface area contributed by atoms with Gasteiger partial charge in [0, 0.05) is 32.4 Å². The molecule has 6 heteroatoms. The number of carbonyl (C=O) groups excluding carboxylic acids is 1. The van der Waals surface area contributed by atoms with Gasteiger partial charge in [-0.05, 0) is 26.8 Å². The van der Waals surface area contributed by atoms with E-state index in [-0.39, 0.29) is 6.09 Å². The summed E-state index contributed by atoms with van der Waals surface area (Å²) in [4.78, 5) is 20.3. The number of amides is 1.